The largest absolute Gasteiger partial charge is 0.488 e. The molecule has 1 aliphatic rings. The number of thioether (sulfide) groups is 1. The highest BCUT2D eigenvalue weighted by Crippen LogP contribution is 2.36. The van der Waals surface area contributed by atoms with Crippen molar-refractivity contribution in [3.05, 3.63) is 118 Å². The molecule has 1 fully saturated rings. The van der Waals surface area contributed by atoms with Gasteiger partial charge in [-0.25, -0.2) is 4.98 Å². The maximum Gasteiger partial charge on any atom is 0.323 e. The Labute approximate surface area is 246 Å². The number of oxazole rings is 1. The van der Waals surface area contributed by atoms with Gasteiger partial charge in [-0.1, -0.05) is 84.6 Å². The third-order valence-electron chi connectivity index (χ3n) is 6.30. The van der Waals surface area contributed by atoms with Gasteiger partial charge >= 0.3 is 5.97 Å². The number of amides is 1. The molecule has 0 spiro atoms. The van der Waals surface area contributed by atoms with E-state index in [9.17, 15) is 9.59 Å². The molecule has 1 N–H and O–H groups in total. The monoisotopic (exact) mass is 586 g/mol. The minimum atomic E-state index is -1.14. The zero-order chi connectivity index (χ0) is 28.8. The van der Waals surface area contributed by atoms with Crippen LogP contribution in [0.15, 0.2) is 94.6 Å². The maximum absolute atomic E-state index is 12.9. The Morgan fingerprint density at radius 1 is 1.10 bits per heavy atom. The summed E-state index contributed by atoms with van der Waals surface area (Å²) in [5.74, 6) is 0.119. The normalized spacial score (nSPS) is 14.9. The molecular weight excluding hydrogens is 560 g/mol. The van der Waals surface area contributed by atoms with Gasteiger partial charge in [-0.15, -0.1) is 0 Å². The van der Waals surface area contributed by atoms with Crippen molar-refractivity contribution in [2.45, 2.75) is 26.1 Å². The number of aliphatic carboxylic acids is 1. The number of hydrogen-bond acceptors (Lipinski definition) is 8. The number of rotatable bonds is 11. The first kappa shape index (κ1) is 28.1. The van der Waals surface area contributed by atoms with E-state index in [2.05, 4.69) is 4.98 Å². The third kappa shape index (κ3) is 7.03. The average molecular weight is 587 g/mol. The lowest BCUT2D eigenvalue weighted by atomic mass is 10.0. The SMILES string of the molecule is Cc1ocnc1C(Cc1ccccc1)Oc1ccc(C=C2SC(=S)N(CC(=O)O)C2=O)c(OCc2ccccc2)c1. The average Bonchev–Trinajstić information content (AvgIpc) is 3.51. The van der Waals surface area contributed by atoms with Gasteiger partial charge in [-0.05, 0) is 36.3 Å². The highest BCUT2D eigenvalue weighted by molar-refractivity contribution is 8.26. The summed E-state index contributed by atoms with van der Waals surface area (Å²) in [6, 6.07) is 25.1. The Kier molecular flexibility index (Phi) is 8.81. The van der Waals surface area contributed by atoms with Gasteiger partial charge in [0.15, 0.2) is 6.39 Å². The molecule has 4 aromatic rings. The fraction of sp³-hybridized carbons (Fsp3) is 0.161. The van der Waals surface area contributed by atoms with Crippen molar-refractivity contribution >= 4 is 46.3 Å². The Morgan fingerprint density at radius 2 is 1.80 bits per heavy atom. The highest BCUT2D eigenvalue weighted by atomic mass is 32.2. The lowest BCUT2D eigenvalue weighted by Crippen LogP contribution is -2.33. The molecule has 0 saturated carbocycles. The second kappa shape index (κ2) is 12.8. The van der Waals surface area contributed by atoms with Crippen LogP contribution in [0.5, 0.6) is 11.5 Å². The first-order valence-electron chi connectivity index (χ1n) is 12.8. The van der Waals surface area contributed by atoms with Crippen molar-refractivity contribution in [2.24, 2.45) is 0 Å². The number of aryl methyl sites for hydroxylation is 1. The molecule has 0 radical (unpaired) electrons. The number of nitrogens with zero attached hydrogens (tertiary/aromatic N) is 2. The third-order valence-corrected chi connectivity index (χ3v) is 7.68. The van der Waals surface area contributed by atoms with Gasteiger partial charge in [0.2, 0.25) is 0 Å². The minimum absolute atomic E-state index is 0.196. The second-order valence-corrected chi connectivity index (χ2v) is 10.9. The van der Waals surface area contributed by atoms with Gasteiger partial charge in [0.25, 0.3) is 5.91 Å². The molecule has 1 atom stereocenters. The lowest BCUT2D eigenvalue weighted by molar-refractivity contribution is -0.140. The number of benzene rings is 3. The van der Waals surface area contributed by atoms with Gasteiger partial charge < -0.3 is 19.0 Å². The molecule has 1 aromatic heterocycles. The summed E-state index contributed by atoms with van der Waals surface area (Å²) < 4.78 is 18.4. The van der Waals surface area contributed by atoms with Gasteiger partial charge in [0.1, 0.15) is 46.5 Å². The molecule has 0 bridgehead atoms. The van der Waals surface area contributed by atoms with Crippen LogP contribution in [-0.4, -0.2) is 37.7 Å². The first-order chi connectivity index (χ1) is 19.9. The zero-order valence-electron chi connectivity index (χ0n) is 22.1. The molecule has 3 aromatic carbocycles. The Balaban J connectivity index is 1.46. The Hall–Kier alpha value is -4.41. The topological polar surface area (TPSA) is 102 Å². The van der Waals surface area contributed by atoms with Crippen molar-refractivity contribution < 1.29 is 28.6 Å². The molecule has 2 heterocycles. The van der Waals surface area contributed by atoms with Crippen LogP contribution >= 0.6 is 24.0 Å². The summed E-state index contributed by atoms with van der Waals surface area (Å²) in [4.78, 5) is 29.9. The van der Waals surface area contributed by atoms with Gasteiger partial charge in [-0.2, -0.15) is 0 Å². The second-order valence-electron chi connectivity index (χ2n) is 9.23. The summed E-state index contributed by atoms with van der Waals surface area (Å²) in [5.41, 5.74) is 3.38. The van der Waals surface area contributed by atoms with Crippen molar-refractivity contribution in [1.82, 2.24) is 9.88 Å². The van der Waals surface area contributed by atoms with Crippen LogP contribution in [0.25, 0.3) is 6.08 Å². The summed E-state index contributed by atoms with van der Waals surface area (Å²) in [5, 5.41) is 9.16. The van der Waals surface area contributed by atoms with Crippen LogP contribution in [0.4, 0.5) is 0 Å². The summed E-state index contributed by atoms with van der Waals surface area (Å²) in [6.07, 6.45) is 3.22. The molecule has 5 rings (SSSR count). The molecule has 1 unspecified atom stereocenters. The number of hydrogen-bond donors (Lipinski definition) is 1. The molecule has 208 valence electrons. The number of carboxylic acids is 1. The van der Waals surface area contributed by atoms with E-state index in [1.807, 2.05) is 67.6 Å². The van der Waals surface area contributed by atoms with E-state index < -0.39 is 24.5 Å². The lowest BCUT2D eigenvalue weighted by Gasteiger charge is -2.19. The molecule has 10 heteroatoms. The predicted molar refractivity (Wildman–Crippen MR) is 159 cm³/mol. The maximum atomic E-state index is 12.9. The van der Waals surface area contributed by atoms with Gasteiger partial charge in [0.05, 0.1) is 4.91 Å². The van der Waals surface area contributed by atoms with E-state index >= 15 is 0 Å². The van der Waals surface area contributed by atoms with E-state index in [4.69, 9.17) is 31.2 Å². The number of carbonyl (C=O) groups excluding carboxylic acids is 1. The van der Waals surface area contributed by atoms with Crippen molar-refractivity contribution in [3.63, 3.8) is 0 Å². The van der Waals surface area contributed by atoms with Crippen LogP contribution in [0.2, 0.25) is 0 Å². The summed E-state index contributed by atoms with van der Waals surface area (Å²) >= 11 is 6.31. The predicted octanol–water partition coefficient (Wildman–Crippen LogP) is 6.21. The van der Waals surface area contributed by atoms with Crippen LogP contribution in [0.3, 0.4) is 0 Å². The fourth-order valence-electron chi connectivity index (χ4n) is 4.29. The zero-order valence-corrected chi connectivity index (χ0v) is 23.7. The van der Waals surface area contributed by atoms with Crippen molar-refractivity contribution in [3.8, 4) is 11.5 Å². The van der Waals surface area contributed by atoms with E-state index in [0.717, 1.165) is 27.8 Å². The van der Waals surface area contributed by atoms with Gasteiger partial charge in [0, 0.05) is 18.1 Å². The molecule has 1 amide bonds. The first-order valence-corrected chi connectivity index (χ1v) is 14.0. The highest BCUT2D eigenvalue weighted by Gasteiger charge is 2.33. The molecule has 1 aliphatic heterocycles. The van der Waals surface area contributed by atoms with E-state index in [-0.39, 0.29) is 4.32 Å². The standard InChI is InChI=1S/C31H26N2O6S2/c1-20-29(32-19-38-20)26(14-21-8-4-2-5-9-21)39-24-13-12-23(25(16-24)37-18-22-10-6-3-7-11-22)15-27-30(36)33(17-28(34)35)31(40)41-27/h2-13,15-16,19,26H,14,17-18H2,1H3,(H,34,35). The number of ether oxygens (including phenoxy) is 2. The van der Waals surface area contributed by atoms with E-state index in [0.29, 0.717) is 46.4 Å². The number of thiocarbonyl (C=S) groups is 1. The van der Waals surface area contributed by atoms with Gasteiger partial charge in [-0.3, -0.25) is 14.5 Å². The molecule has 1 saturated heterocycles. The van der Waals surface area contributed by atoms with Crippen molar-refractivity contribution in [1.29, 1.82) is 0 Å². The minimum Gasteiger partial charge on any atom is -0.488 e. The molecule has 41 heavy (non-hydrogen) atoms. The van der Waals surface area contributed by atoms with Crippen LogP contribution < -0.4 is 9.47 Å². The van der Waals surface area contributed by atoms with E-state index in [1.165, 1.54) is 6.39 Å². The Bertz CT molecular complexity index is 1590. The van der Waals surface area contributed by atoms with Crippen molar-refractivity contribution in [2.75, 3.05) is 6.54 Å². The van der Waals surface area contributed by atoms with Crippen LogP contribution in [-0.2, 0) is 22.6 Å². The molecular formula is C31H26N2O6S2. The smallest absolute Gasteiger partial charge is 0.323 e. The Morgan fingerprint density at radius 3 is 2.46 bits per heavy atom. The fourth-order valence-corrected chi connectivity index (χ4v) is 5.54. The number of aromatic nitrogens is 1. The quantitative estimate of drug-likeness (QED) is 0.162. The number of carbonyl (C=O) groups is 2. The summed E-state index contributed by atoms with van der Waals surface area (Å²) in [6.45, 7) is 1.65. The van der Waals surface area contributed by atoms with Crippen LogP contribution in [0, 0.1) is 6.92 Å². The van der Waals surface area contributed by atoms with E-state index in [1.54, 1.807) is 24.3 Å². The molecule has 0 aliphatic carbocycles. The molecule has 8 nitrogen and oxygen atoms in total. The summed E-state index contributed by atoms with van der Waals surface area (Å²) in [7, 11) is 0. The van der Waals surface area contributed by atoms with Crippen LogP contribution in [0.1, 0.15) is 34.2 Å². The number of carboxylic acid groups (broad SMARTS) is 1.